The zero-order valence-electron chi connectivity index (χ0n) is 14.8. The number of amides is 1. The van der Waals surface area contributed by atoms with Crippen molar-refractivity contribution in [2.24, 2.45) is 0 Å². The van der Waals surface area contributed by atoms with Gasteiger partial charge in [-0.2, -0.15) is 0 Å². The second-order valence-electron chi connectivity index (χ2n) is 6.07. The summed E-state index contributed by atoms with van der Waals surface area (Å²) in [4.78, 5) is 12.1. The van der Waals surface area contributed by atoms with Crippen molar-refractivity contribution in [1.29, 1.82) is 0 Å². The molecule has 1 N–H and O–H groups in total. The maximum atomic E-state index is 12.1. The molecular weight excluding hydrogens is 336 g/mol. The van der Waals surface area contributed by atoms with Gasteiger partial charge < -0.3 is 5.32 Å². The molecule has 0 aliphatic heterocycles. The highest BCUT2D eigenvalue weighted by atomic mass is 32.2. The van der Waals surface area contributed by atoms with Gasteiger partial charge >= 0.3 is 0 Å². The van der Waals surface area contributed by atoms with Gasteiger partial charge in [0.2, 0.25) is 15.9 Å². The van der Waals surface area contributed by atoms with Crippen molar-refractivity contribution >= 4 is 21.6 Å². The van der Waals surface area contributed by atoms with Crippen molar-refractivity contribution in [3.63, 3.8) is 0 Å². The van der Waals surface area contributed by atoms with Gasteiger partial charge in [0.1, 0.15) is 0 Å². The van der Waals surface area contributed by atoms with Crippen LogP contribution in [0.5, 0.6) is 0 Å². The molecule has 25 heavy (non-hydrogen) atoms. The molecule has 0 spiro atoms. The number of hydrogen-bond acceptors (Lipinski definition) is 3. The normalized spacial score (nSPS) is 11.2. The number of nitrogens with one attached hydrogen (secondary N) is 1. The predicted octanol–water partition coefficient (Wildman–Crippen LogP) is 2.78. The van der Waals surface area contributed by atoms with E-state index in [1.54, 1.807) is 12.1 Å². The summed E-state index contributed by atoms with van der Waals surface area (Å²) in [6.07, 6.45) is 1.26. The first kappa shape index (κ1) is 19.0. The zero-order chi connectivity index (χ0) is 18.4. The van der Waals surface area contributed by atoms with Crippen LogP contribution in [0.4, 0.5) is 5.69 Å². The topological polar surface area (TPSA) is 66.5 Å². The van der Waals surface area contributed by atoms with E-state index in [9.17, 15) is 13.2 Å². The molecule has 1 amide bonds. The van der Waals surface area contributed by atoms with Gasteiger partial charge in [-0.25, -0.2) is 8.42 Å². The molecule has 134 valence electrons. The molecule has 0 radical (unpaired) electrons. The fourth-order valence-electron chi connectivity index (χ4n) is 2.60. The van der Waals surface area contributed by atoms with Crippen molar-refractivity contribution in [1.82, 2.24) is 5.32 Å². The van der Waals surface area contributed by atoms with Gasteiger partial charge in [-0.1, -0.05) is 42.5 Å². The number of carbonyl (C=O) groups excluding carboxylic acids is 1. The minimum absolute atomic E-state index is 0.104. The van der Waals surface area contributed by atoms with E-state index in [0.717, 1.165) is 22.9 Å². The molecule has 0 unspecified atom stereocenters. The van der Waals surface area contributed by atoms with Gasteiger partial charge in [0, 0.05) is 19.5 Å². The second-order valence-corrected chi connectivity index (χ2v) is 7.98. The molecule has 0 aliphatic rings. The smallest absolute Gasteiger partial charge is 0.232 e. The van der Waals surface area contributed by atoms with E-state index in [4.69, 9.17) is 0 Å². The Balaban J connectivity index is 2.00. The van der Waals surface area contributed by atoms with E-state index in [0.29, 0.717) is 12.2 Å². The summed E-state index contributed by atoms with van der Waals surface area (Å²) in [5, 5.41) is 2.85. The molecule has 0 bridgehead atoms. The lowest BCUT2D eigenvalue weighted by molar-refractivity contribution is -0.121. The van der Waals surface area contributed by atoms with E-state index in [1.807, 2.05) is 50.2 Å². The maximum absolute atomic E-state index is 12.1. The number of carbonyl (C=O) groups is 1. The number of rotatable bonds is 7. The number of benzene rings is 2. The maximum Gasteiger partial charge on any atom is 0.232 e. The highest BCUT2D eigenvalue weighted by Crippen LogP contribution is 2.22. The third-order valence-corrected chi connectivity index (χ3v) is 5.24. The average molecular weight is 360 g/mol. The number of sulfonamides is 1. The van der Waals surface area contributed by atoms with Gasteiger partial charge in [-0.05, 0) is 36.6 Å². The van der Waals surface area contributed by atoms with E-state index in [2.05, 4.69) is 5.32 Å². The van der Waals surface area contributed by atoms with Gasteiger partial charge in [-0.3, -0.25) is 9.10 Å². The van der Waals surface area contributed by atoms with Crippen molar-refractivity contribution in [3.05, 3.63) is 65.2 Å². The summed E-state index contributed by atoms with van der Waals surface area (Å²) in [6.45, 7) is 4.40. The molecule has 2 aromatic carbocycles. The van der Waals surface area contributed by atoms with Crippen molar-refractivity contribution in [3.8, 4) is 0 Å². The van der Waals surface area contributed by atoms with Crippen molar-refractivity contribution in [2.75, 3.05) is 17.1 Å². The summed E-state index contributed by atoms with van der Waals surface area (Å²) < 4.78 is 25.5. The Labute approximate surface area is 149 Å². The van der Waals surface area contributed by atoms with Gasteiger partial charge in [0.05, 0.1) is 11.9 Å². The number of para-hydroxylation sites is 1. The lowest BCUT2D eigenvalue weighted by Crippen LogP contribution is -2.35. The molecule has 5 nitrogen and oxygen atoms in total. The van der Waals surface area contributed by atoms with Crippen molar-refractivity contribution < 1.29 is 13.2 Å². The minimum atomic E-state index is -3.46. The van der Waals surface area contributed by atoms with Gasteiger partial charge in [0.25, 0.3) is 0 Å². The number of nitrogens with zero attached hydrogens (tertiary/aromatic N) is 1. The Morgan fingerprint density at radius 3 is 2.20 bits per heavy atom. The van der Waals surface area contributed by atoms with Crippen LogP contribution in [-0.2, 0) is 21.4 Å². The molecule has 2 rings (SSSR count). The molecule has 6 heteroatoms. The Morgan fingerprint density at radius 1 is 1.00 bits per heavy atom. The molecule has 0 saturated carbocycles. The molecule has 0 atom stereocenters. The Hall–Kier alpha value is -2.34. The molecule has 0 aliphatic carbocycles. The standard InChI is InChI=1S/C19H24N2O3S/c1-15-8-4-6-10-17(15)14-20-19(22)12-13-21(25(3,23)24)18-11-7-5-9-16(18)2/h4-11H,12-14H2,1-3H3,(H,20,22). The first-order chi connectivity index (χ1) is 11.8. The molecule has 0 saturated heterocycles. The first-order valence-corrected chi connectivity index (χ1v) is 9.98. The van der Waals surface area contributed by atoms with Crippen LogP contribution in [0.3, 0.4) is 0 Å². The largest absolute Gasteiger partial charge is 0.352 e. The van der Waals surface area contributed by atoms with Gasteiger partial charge in [-0.15, -0.1) is 0 Å². The first-order valence-electron chi connectivity index (χ1n) is 8.13. The second kappa shape index (κ2) is 8.16. The minimum Gasteiger partial charge on any atom is -0.352 e. The third kappa shape index (κ3) is 5.32. The van der Waals surface area contributed by atoms with Crippen LogP contribution in [0, 0.1) is 13.8 Å². The summed E-state index contributed by atoms with van der Waals surface area (Å²) in [5.41, 5.74) is 3.63. The van der Waals surface area contributed by atoms with E-state index < -0.39 is 10.0 Å². The average Bonchev–Trinajstić information content (AvgIpc) is 2.54. The summed E-state index contributed by atoms with van der Waals surface area (Å²) in [5.74, 6) is -0.175. The SMILES string of the molecule is Cc1ccccc1CNC(=O)CCN(c1ccccc1C)S(C)(=O)=O. The Morgan fingerprint density at radius 2 is 1.60 bits per heavy atom. The van der Waals surface area contributed by atoms with E-state index in [1.165, 1.54) is 4.31 Å². The highest BCUT2D eigenvalue weighted by molar-refractivity contribution is 7.92. The zero-order valence-corrected chi connectivity index (χ0v) is 15.6. The van der Waals surface area contributed by atoms with Crippen LogP contribution in [0.1, 0.15) is 23.1 Å². The van der Waals surface area contributed by atoms with Gasteiger partial charge in [0.15, 0.2) is 0 Å². The summed E-state index contributed by atoms with van der Waals surface area (Å²) in [7, 11) is -3.46. The summed E-state index contributed by atoms with van der Waals surface area (Å²) >= 11 is 0. The van der Waals surface area contributed by atoms with E-state index in [-0.39, 0.29) is 18.9 Å². The quantitative estimate of drug-likeness (QED) is 0.826. The molecule has 0 heterocycles. The lowest BCUT2D eigenvalue weighted by atomic mass is 10.1. The molecule has 0 aromatic heterocycles. The number of aryl methyl sites for hydroxylation is 2. The number of anilines is 1. The Kier molecular flexibility index (Phi) is 6.20. The van der Waals surface area contributed by atoms with Crippen LogP contribution >= 0.6 is 0 Å². The van der Waals surface area contributed by atoms with E-state index >= 15 is 0 Å². The van der Waals surface area contributed by atoms with Crippen molar-refractivity contribution in [2.45, 2.75) is 26.8 Å². The fraction of sp³-hybridized carbons (Fsp3) is 0.316. The molecule has 2 aromatic rings. The van der Waals surface area contributed by atoms with Crippen LogP contribution < -0.4 is 9.62 Å². The molecule has 0 fully saturated rings. The Bertz CT molecular complexity index is 847. The number of hydrogen-bond donors (Lipinski definition) is 1. The highest BCUT2D eigenvalue weighted by Gasteiger charge is 2.19. The predicted molar refractivity (Wildman–Crippen MR) is 101 cm³/mol. The fourth-order valence-corrected chi connectivity index (χ4v) is 3.59. The molecular formula is C19H24N2O3S. The monoisotopic (exact) mass is 360 g/mol. The third-order valence-electron chi connectivity index (χ3n) is 4.06. The van der Waals surface area contributed by atoms with Crippen LogP contribution in [0.15, 0.2) is 48.5 Å². The van der Waals surface area contributed by atoms with Crippen LogP contribution in [-0.4, -0.2) is 27.1 Å². The lowest BCUT2D eigenvalue weighted by Gasteiger charge is -2.24. The van der Waals surface area contributed by atoms with Crippen LogP contribution in [0.2, 0.25) is 0 Å². The summed E-state index contributed by atoms with van der Waals surface area (Å²) in [6, 6.07) is 15.1. The van der Waals surface area contributed by atoms with Crippen LogP contribution in [0.25, 0.3) is 0 Å².